The molecule has 1 aliphatic rings. The van der Waals surface area contributed by atoms with Gasteiger partial charge in [-0.25, -0.2) is 4.98 Å². The van der Waals surface area contributed by atoms with Crippen LogP contribution in [0.15, 0.2) is 58.5 Å². The summed E-state index contributed by atoms with van der Waals surface area (Å²) >= 11 is 1.50. The van der Waals surface area contributed by atoms with E-state index < -0.39 is 0 Å². The van der Waals surface area contributed by atoms with Crippen molar-refractivity contribution in [1.82, 2.24) is 19.4 Å². The molecule has 1 fully saturated rings. The summed E-state index contributed by atoms with van der Waals surface area (Å²) < 4.78 is 7.48. The van der Waals surface area contributed by atoms with Crippen molar-refractivity contribution in [2.24, 2.45) is 0 Å². The Hall–Kier alpha value is -3.39. The Kier molecular flexibility index (Phi) is 5.53. The largest absolute Gasteiger partial charge is 0.459 e. The van der Waals surface area contributed by atoms with Crippen molar-refractivity contribution in [2.75, 3.05) is 26.2 Å². The number of thiazole rings is 1. The lowest BCUT2D eigenvalue weighted by atomic mass is 10.2. The highest BCUT2D eigenvalue weighted by Crippen LogP contribution is 2.31. The molecule has 0 unspecified atom stereocenters. The minimum Gasteiger partial charge on any atom is -0.459 e. The Balaban J connectivity index is 1.31. The minimum atomic E-state index is -0.137. The van der Waals surface area contributed by atoms with Crippen molar-refractivity contribution in [3.8, 4) is 10.7 Å². The zero-order chi connectivity index (χ0) is 22.1. The first kappa shape index (κ1) is 20.5. The monoisotopic (exact) mass is 448 g/mol. The van der Waals surface area contributed by atoms with Crippen molar-refractivity contribution < 1.29 is 14.0 Å². The maximum absolute atomic E-state index is 13.1. The molecule has 0 radical (unpaired) electrons. The fourth-order valence-corrected chi connectivity index (χ4v) is 4.99. The zero-order valence-electron chi connectivity index (χ0n) is 17.9. The van der Waals surface area contributed by atoms with Gasteiger partial charge in [0.05, 0.1) is 12.0 Å². The number of hydrogen-bond acceptors (Lipinski definition) is 5. The summed E-state index contributed by atoms with van der Waals surface area (Å²) in [6.45, 7) is 4.98. The van der Waals surface area contributed by atoms with Gasteiger partial charge in [-0.1, -0.05) is 25.1 Å². The molecule has 1 saturated heterocycles. The van der Waals surface area contributed by atoms with Crippen LogP contribution in [0.2, 0.25) is 0 Å². The molecule has 8 heteroatoms. The zero-order valence-corrected chi connectivity index (χ0v) is 18.7. The highest BCUT2D eigenvalue weighted by atomic mass is 32.1. The lowest BCUT2D eigenvalue weighted by molar-refractivity contribution is 0.0515. The molecule has 1 aromatic carbocycles. The number of para-hydroxylation sites is 1. The van der Waals surface area contributed by atoms with Gasteiger partial charge in [0.15, 0.2) is 5.76 Å². The van der Waals surface area contributed by atoms with E-state index in [2.05, 4.69) is 29.7 Å². The maximum Gasteiger partial charge on any atom is 0.289 e. The maximum atomic E-state index is 13.1. The Labute approximate surface area is 189 Å². The molecule has 1 aliphatic heterocycles. The summed E-state index contributed by atoms with van der Waals surface area (Å²) in [5, 5.41) is 3.87. The van der Waals surface area contributed by atoms with Gasteiger partial charge in [0.25, 0.3) is 11.8 Å². The van der Waals surface area contributed by atoms with Crippen molar-refractivity contribution in [3.63, 3.8) is 0 Å². The Morgan fingerprint density at radius 2 is 1.78 bits per heavy atom. The van der Waals surface area contributed by atoms with Crippen molar-refractivity contribution in [1.29, 1.82) is 0 Å². The van der Waals surface area contributed by atoms with E-state index in [1.54, 1.807) is 21.9 Å². The number of hydrogen-bond donors (Lipinski definition) is 0. The van der Waals surface area contributed by atoms with Crippen LogP contribution in [0, 0.1) is 0 Å². The molecule has 7 nitrogen and oxygen atoms in total. The molecule has 0 bridgehead atoms. The van der Waals surface area contributed by atoms with Crippen LogP contribution >= 0.6 is 11.3 Å². The van der Waals surface area contributed by atoms with Gasteiger partial charge in [-0.15, -0.1) is 11.3 Å². The Bertz CT molecular complexity index is 1250. The van der Waals surface area contributed by atoms with Gasteiger partial charge in [0.2, 0.25) is 0 Å². The van der Waals surface area contributed by atoms with Crippen molar-refractivity contribution in [2.45, 2.75) is 19.9 Å². The number of carbonyl (C=O) groups excluding carboxylic acids is 2. The molecule has 4 heterocycles. The standard InChI is InChI=1S/C24H24N4O3S/c1-2-9-28-19-7-4-3-6-17(19)15-20(28)22-25-18(16-32-22)23(29)26-10-12-27(13-11-26)24(30)21-8-5-14-31-21/h3-8,14-16H,2,9-13H2,1H3. The van der Waals surface area contributed by atoms with Gasteiger partial charge in [0.1, 0.15) is 10.7 Å². The highest BCUT2D eigenvalue weighted by molar-refractivity contribution is 7.13. The number of amides is 2. The van der Waals surface area contributed by atoms with Crippen LogP contribution in [0.5, 0.6) is 0 Å². The summed E-state index contributed by atoms with van der Waals surface area (Å²) in [7, 11) is 0. The lowest BCUT2D eigenvalue weighted by Gasteiger charge is -2.34. The predicted molar refractivity (Wildman–Crippen MR) is 124 cm³/mol. The lowest BCUT2D eigenvalue weighted by Crippen LogP contribution is -2.50. The third-order valence-electron chi connectivity index (χ3n) is 5.79. The molecule has 32 heavy (non-hydrogen) atoms. The van der Waals surface area contributed by atoms with Crippen LogP contribution in [0.25, 0.3) is 21.6 Å². The number of piperazine rings is 1. The van der Waals surface area contributed by atoms with E-state index >= 15 is 0 Å². The molecule has 0 spiro atoms. The van der Waals surface area contributed by atoms with Gasteiger partial charge in [-0.2, -0.15) is 0 Å². The molecule has 4 aromatic rings. The molecule has 0 aliphatic carbocycles. The van der Waals surface area contributed by atoms with E-state index in [4.69, 9.17) is 9.40 Å². The molecule has 0 saturated carbocycles. The second kappa shape index (κ2) is 8.63. The van der Waals surface area contributed by atoms with Crippen LogP contribution in [0.4, 0.5) is 0 Å². The SMILES string of the molecule is CCCn1c(-c2nc(C(=O)N3CCN(C(=O)c4ccco4)CC3)cs2)cc2ccccc21. The van der Waals surface area contributed by atoms with Gasteiger partial charge in [-0.3, -0.25) is 9.59 Å². The summed E-state index contributed by atoms with van der Waals surface area (Å²) in [6.07, 6.45) is 2.51. The minimum absolute atomic E-state index is 0.0873. The molecule has 164 valence electrons. The number of fused-ring (bicyclic) bond motifs is 1. The van der Waals surface area contributed by atoms with E-state index in [9.17, 15) is 9.59 Å². The average Bonchev–Trinajstić information content (AvgIpc) is 3.59. The first-order valence-electron chi connectivity index (χ1n) is 10.8. The first-order valence-corrected chi connectivity index (χ1v) is 11.7. The summed E-state index contributed by atoms with van der Waals surface area (Å²) in [5.41, 5.74) is 2.69. The van der Waals surface area contributed by atoms with Gasteiger partial charge in [-0.05, 0) is 30.7 Å². The number of benzene rings is 1. The Morgan fingerprint density at radius 3 is 2.50 bits per heavy atom. The number of furan rings is 1. The second-order valence-corrected chi connectivity index (χ2v) is 8.70. The molecule has 2 amide bonds. The topological polar surface area (TPSA) is 71.6 Å². The predicted octanol–water partition coefficient (Wildman–Crippen LogP) is 4.37. The van der Waals surface area contributed by atoms with Gasteiger partial charge >= 0.3 is 0 Å². The molecule has 5 rings (SSSR count). The smallest absolute Gasteiger partial charge is 0.289 e. The highest BCUT2D eigenvalue weighted by Gasteiger charge is 2.28. The van der Waals surface area contributed by atoms with E-state index in [0.717, 1.165) is 23.7 Å². The number of rotatable bonds is 5. The quantitative estimate of drug-likeness (QED) is 0.455. The van der Waals surface area contributed by atoms with Crippen LogP contribution in [-0.4, -0.2) is 57.3 Å². The van der Waals surface area contributed by atoms with Crippen LogP contribution in [0.1, 0.15) is 34.4 Å². The van der Waals surface area contributed by atoms with Crippen LogP contribution < -0.4 is 0 Å². The third kappa shape index (κ3) is 3.71. The molecule has 3 aromatic heterocycles. The van der Waals surface area contributed by atoms with Crippen LogP contribution in [-0.2, 0) is 6.54 Å². The second-order valence-electron chi connectivity index (χ2n) is 7.84. The van der Waals surface area contributed by atoms with Gasteiger partial charge in [0, 0.05) is 49.0 Å². The van der Waals surface area contributed by atoms with E-state index in [0.29, 0.717) is 37.6 Å². The molecular formula is C24H24N4O3S. The van der Waals surface area contributed by atoms with E-state index in [1.165, 1.54) is 28.5 Å². The summed E-state index contributed by atoms with van der Waals surface area (Å²) in [4.78, 5) is 33.7. The van der Waals surface area contributed by atoms with Gasteiger partial charge < -0.3 is 18.8 Å². The fraction of sp³-hybridized carbons (Fsp3) is 0.292. The number of aryl methyl sites for hydroxylation is 1. The number of nitrogens with zero attached hydrogens (tertiary/aromatic N) is 4. The van der Waals surface area contributed by atoms with E-state index in [1.807, 2.05) is 17.5 Å². The third-order valence-corrected chi connectivity index (χ3v) is 6.65. The first-order chi connectivity index (χ1) is 15.7. The van der Waals surface area contributed by atoms with Crippen molar-refractivity contribution >= 4 is 34.1 Å². The van der Waals surface area contributed by atoms with Crippen molar-refractivity contribution in [3.05, 3.63) is 65.6 Å². The summed E-state index contributed by atoms with van der Waals surface area (Å²) in [5.74, 6) is 0.105. The normalized spacial score (nSPS) is 14.3. The van der Waals surface area contributed by atoms with E-state index in [-0.39, 0.29) is 11.8 Å². The molecular weight excluding hydrogens is 424 g/mol. The van der Waals surface area contributed by atoms with Crippen LogP contribution in [0.3, 0.4) is 0 Å². The average molecular weight is 449 g/mol. The molecule has 0 atom stereocenters. The number of aromatic nitrogens is 2. The fourth-order valence-electron chi connectivity index (χ4n) is 4.17. The summed E-state index contributed by atoms with van der Waals surface area (Å²) in [6, 6.07) is 13.8. The number of carbonyl (C=O) groups is 2. The Morgan fingerprint density at radius 1 is 1.03 bits per heavy atom. The molecule has 0 N–H and O–H groups in total.